The Morgan fingerprint density at radius 3 is 2.64 bits per heavy atom. The maximum atomic E-state index is 12.5. The quantitative estimate of drug-likeness (QED) is 0.828. The van der Waals surface area contributed by atoms with E-state index in [1.165, 1.54) is 0 Å². The number of ether oxygens (including phenoxy) is 1. The number of hydrogen-bond donors (Lipinski definition) is 1. The summed E-state index contributed by atoms with van der Waals surface area (Å²) in [6.07, 6.45) is 4.26. The van der Waals surface area contributed by atoms with Gasteiger partial charge in [0.25, 0.3) is 0 Å². The molecule has 1 fully saturated rings. The molecule has 2 amide bonds. The van der Waals surface area contributed by atoms with Crippen molar-refractivity contribution in [3.63, 3.8) is 0 Å². The summed E-state index contributed by atoms with van der Waals surface area (Å²) in [4.78, 5) is 26.9. The van der Waals surface area contributed by atoms with Crippen LogP contribution in [0.1, 0.15) is 37.3 Å². The summed E-state index contributed by atoms with van der Waals surface area (Å²) in [6, 6.07) is 13.5. The average Bonchev–Trinajstić information content (AvgIpc) is 3.54. The molecule has 1 saturated carbocycles. The Balaban J connectivity index is 1.41. The van der Waals surface area contributed by atoms with Gasteiger partial charge in [0.1, 0.15) is 5.75 Å². The van der Waals surface area contributed by atoms with Gasteiger partial charge in [-0.25, -0.2) is 0 Å². The number of aryl methyl sites for hydroxylation is 1. The molecule has 0 saturated heterocycles. The minimum atomic E-state index is -0.0502. The summed E-state index contributed by atoms with van der Waals surface area (Å²) < 4.78 is 5.43. The van der Waals surface area contributed by atoms with E-state index >= 15 is 0 Å². The second kappa shape index (κ2) is 8.05. The number of rotatable bonds is 6. The molecule has 2 aromatic rings. The molecule has 0 bridgehead atoms. The van der Waals surface area contributed by atoms with E-state index in [0.717, 1.165) is 60.5 Å². The zero-order valence-electron chi connectivity index (χ0n) is 16.2. The molecule has 0 spiro atoms. The van der Waals surface area contributed by atoms with Crippen molar-refractivity contribution in [1.29, 1.82) is 0 Å². The van der Waals surface area contributed by atoms with Crippen LogP contribution in [0.4, 0.5) is 11.4 Å². The first kappa shape index (κ1) is 18.5. The van der Waals surface area contributed by atoms with Crippen LogP contribution < -0.4 is 15.0 Å². The number of nitrogens with one attached hydrogen (secondary N) is 1. The maximum absolute atomic E-state index is 12.5. The van der Waals surface area contributed by atoms with Gasteiger partial charge >= 0.3 is 0 Å². The van der Waals surface area contributed by atoms with Gasteiger partial charge in [0.15, 0.2) is 0 Å². The van der Waals surface area contributed by atoms with Crippen molar-refractivity contribution in [3.05, 3.63) is 53.6 Å². The highest BCUT2D eigenvalue weighted by molar-refractivity contribution is 5.98. The van der Waals surface area contributed by atoms with Crippen LogP contribution >= 0.6 is 0 Å². The molecule has 1 aliphatic carbocycles. The Kier molecular flexibility index (Phi) is 5.33. The van der Waals surface area contributed by atoms with Gasteiger partial charge in [-0.2, -0.15) is 0 Å². The predicted octanol–water partition coefficient (Wildman–Crippen LogP) is 3.96. The Hall–Kier alpha value is -2.82. The lowest BCUT2D eigenvalue weighted by atomic mass is 10.00. The van der Waals surface area contributed by atoms with Crippen LogP contribution in [0.15, 0.2) is 42.5 Å². The Labute approximate surface area is 165 Å². The number of anilines is 2. The van der Waals surface area contributed by atoms with Crippen LogP contribution in [-0.4, -0.2) is 25.0 Å². The lowest BCUT2D eigenvalue weighted by Gasteiger charge is -2.30. The molecule has 2 aliphatic rings. The topological polar surface area (TPSA) is 58.6 Å². The summed E-state index contributed by atoms with van der Waals surface area (Å²) in [5.41, 5.74) is 3.88. The van der Waals surface area contributed by atoms with Crippen LogP contribution in [0.5, 0.6) is 5.75 Å². The van der Waals surface area contributed by atoms with Crippen molar-refractivity contribution in [2.45, 2.75) is 39.0 Å². The molecule has 0 aromatic heterocycles. The number of benzene rings is 2. The second-order valence-electron chi connectivity index (χ2n) is 7.51. The van der Waals surface area contributed by atoms with Gasteiger partial charge in [0, 0.05) is 23.8 Å². The molecule has 28 heavy (non-hydrogen) atoms. The molecule has 0 atom stereocenters. The lowest BCUT2D eigenvalue weighted by Crippen LogP contribution is -2.36. The molecule has 4 rings (SSSR count). The molecule has 1 heterocycles. The highest BCUT2D eigenvalue weighted by Gasteiger charge is 2.35. The van der Waals surface area contributed by atoms with Crippen molar-refractivity contribution in [2.24, 2.45) is 5.92 Å². The predicted molar refractivity (Wildman–Crippen MR) is 110 cm³/mol. The van der Waals surface area contributed by atoms with Crippen LogP contribution in [0, 0.1) is 5.92 Å². The van der Waals surface area contributed by atoms with Gasteiger partial charge in [-0.3, -0.25) is 9.59 Å². The van der Waals surface area contributed by atoms with Gasteiger partial charge in [0.2, 0.25) is 11.8 Å². The first-order chi connectivity index (χ1) is 13.6. The van der Waals surface area contributed by atoms with Gasteiger partial charge in [-0.1, -0.05) is 12.1 Å². The zero-order chi connectivity index (χ0) is 19.5. The van der Waals surface area contributed by atoms with E-state index in [2.05, 4.69) is 5.32 Å². The minimum absolute atomic E-state index is 0.0502. The third kappa shape index (κ3) is 4.19. The monoisotopic (exact) mass is 378 g/mol. The Bertz CT molecular complexity index is 872. The molecule has 5 nitrogen and oxygen atoms in total. The smallest absolute Gasteiger partial charge is 0.230 e. The average molecular weight is 378 g/mol. The molecular formula is C23H26N2O3. The highest BCUT2D eigenvalue weighted by atomic mass is 16.5. The molecule has 1 aliphatic heterocycles. The molecular weight excluding hydrogens is 352 g/mol. The van der Waals surface area contributed by atoms with Crippen molar-refractivity contribution in [2.75, 3.05) is 23.4 Å². The fraction of sp³-hybridized carbons (Fsp3) is 0.391. The normalized spacial score (nSPS) is 15.7. The van der Waals surface area contributed by atoms with Gasteiger partial charge in [-0.15, -0.1) is 0 Å². The fourth-order valence-corrected chi connectivity index (χ4v) is 3.72. The maximum Gasteiger partial charge on any atom is 0.230 e. The fourth-order valence-electron chi connectivity index (χ4n) is 3.72. The SMILES string of the molecule is CCOc1ccc(CC(=O)Nc2ccc3c(c2)CCCN3C(=O)C2CC2)cc1. The van der Waals surface area contributed by atoms with E-state index < -0.39 is 0 Å². The minimum Gasteiger partial charge on any atom is -0.494 e. The van der Waals surface area contributed by atoms with Crippen LogP contribution in [0.25, 0.3) is 0 Å². The van der Waals surface area contributed by atoms with Crippen molar-refractivity contribution < 1.29 is 14.3 Å². The number of amides is 2. The zero-order valence-corrected chi connectivity index (χ0v) is 16.2. The van der Waals surface area contributed by atoms with Crippen molar-refractivity contribution in [3.8, 4) is 5.75 Å². The Morgan fingerprint density at radius 1 is 1.14 bits per heavy atom. The van der Waals surface area contributed by atoms with E-state index in [4.69, 9.17) is 4.74 Å². The summed E-state index contributed by atoms with van der Waals surface area (Å²) in [5, 5.41) is 2.99. The molecule has 2 aromatic carbocycles. The summed E-state index contributed by atoms with van der Waals surface area (Å²) in [5.74, 6) is 1.24. The third-order valence-electron chi connectivity index (χ3n) is 5.27. The lowest BCUT2D eigenvalue weighted by molar-refractivity contribution is -0.120. The summed E-state index contributed by atoms with van der Waals surface area (Å²) in [7, 11) is 0. The number of nitrogens with zero attached hydrogens (tertiary/aromatic N) is 1. The second-order valence-corrected chi connectivity index (χ2v) is 7.51. The highest BCUT2D eigenvalue weighted by Crippen LogP contribution is 2.36. The van der Waals surface area contributed by atoms with E-state index in [9.17, 15) is 9.59 Å². The van der Waals surface area contributed by atoms with Gasteiger partial charge in [-0.05, 0) is 74.1 Å². The van der Waals surface area contributed by atoms with Crippen molar-refractivity contribution >= 4 is 23.2 Å². The van der Waals surface area contributed by atoms with Gasteiger partial charge in [0.05, 0.1) is 13.0 Å². The summed E-state index contributed by atoms with van der Waals surface area (Å²) >= 11 is 0. The number of carbonyl (C=O) groups excluding carboxylic acids is 2. The first-order valence-corrected chi connectivity index (χ1v) is 10.1. The van der Waals surface area contributed by atoms with E-state index in [1.54, 1.807) is 0 Å². The summed E-state index contributed by atoms with van der Waals surface area (Å²) in [6.45, 7) is 3.37. The van der Waals surface area contributed by atoms with E-state index in [0.29, 0.717) is 13.0 Å². The number of fused-ring (bicyclic) bond motifs is 1. The van der Waals surface area contributed by atoms with E-state index in [-0.39, 0.29) is 17.7 Å². The number of hydrogen-bond acceptors (Lipinski definition) is 3. The molecule has 0 radical (unpaired) electrons. The molecule has 5 heteroatoms. The van der Waals surface area contributed by atoms with Crippen LogP contribution in [0.3, 0.4) is 0 Å². The number of carbonyl (C=O) groups is 2. The standard InChI is InChI=1S/C23H26N2O3/c1-2-28-20-10-5-16(6-11-20)14-22(26)24-19-9-12-21-18(15-19)4-3-13-25(21)23(27)17-7-8-17/h5-6,9-12,15,17H,2-4,7-8,13-14H2,1H3,(H,24,26). The van der Waals surface area contributed by atoms with Crippen LogP contribution in [0.2, 0.25) is 0 Å². The van der Waals surface area contributed by atoms with Crippen LogP contribution in [-0.2, 0) is 22.4 Å². The Morgan fingerprint density at radius 2 is 1.93 bits per heavy atom. The largest absolute Gasteiger partial charge is 0.494 e. The molecule has 1 N–H and O–H groups in total. The van der Waals surface area contributed by atoms with Gasteiger partial charge < -0.3 is 15.0 Å². The molecule has 146 valence electrons. The van der Waals surface area contributed by atoms with E-state index in [1.807, 2.05) is 54.3 Å². The third-order valence-corrected chi connectivity index (χ3v) is 5.27. The van der Waals surface area contributed by atoms with Crippen molar-refractivity contribution in [1.82, 2.24) is 0 Å². The molecule has 0 unspecified atom stereocenters. The first-order valence-electron chi connectivity index (χ1n) is 10.1.